The van der Waals surface area contributed by atoms with Crippen LogP contribution in [0, 0.1) is 10.1 Å². The van der Waals surface area contributed by atoms with E-state index >= 15 is 0 Å². The molecule has 0 spiro atoms. The molecule has 11 heteroatoms. The number of aromatic nitrogens is 2. The van der Waals surface area contributed by atoms with Crippen LogP contribution in [-0.2, 0) is 17.1 Å². The smallest absolute Gasteiger partial charge is 0.290 e. The maximum atomic E-state index is 13.2. The zero-order valence-electron chi connectivity index (χ0n) is 13.3. The number of piperazine rings is 1. The molecule has 0 radical (unpaired) electrons. The van der Waals surface area contributed by atoms with Gasteiger partial charge in [0.05, 0.1) is 16.0 Å². The fourth-order valence-electron chi connectivity index (χ4n) is 2.91. The van der Waals surface area contributed by atoms with E-state index in [2.05, 4.69) is 10.3 Å². The number of halogens is 1. The van der Waals surface area contributed by atoms with Crippen molar-refractivity contribution < 1.29 is 13.3 Å². The molecule has 3 rings (SSSR count). The van der Waals surface area contributed by atoms with Crippen LogP contribution >= 0.6 is 11.6 Å². The number of nitro groups is 1. The SMILES string of the molecule is Cn1ccnc1C1CNCCN1S(=O)(=O)c1c(Cl)cccc1[N+](=O)[O-]. The highest BCUT2D eigenvalue weighted by Crippen LogP contribution is 2.36. The minimum absolute atomic E-state index is 0.155. The lowest BCUT2D eigenvalue weighted by Crippen LogP contribution is -2.49. The van der Waals surface area contributed by atoms with E-state index in [9.17, 15) is 18.5 Å². The predicted octanol–water partition coefficient (Wildman–Crippen LogP) is 1.32. The average Bonchev–Trinajstić information content (AvgIpc) is 3.00. The van der Waals surface area contributed by atoms with Crippen LogP contribution in [0.1, 0.15) is 11.9 Å². The van der Waals surface area contributed by atoms with Crippen molar-refractivity contribution >= 4 is 27.3 Å². The number of nitro benzene ring substituents is 1. The summed E-state index contributed by atoms with van der Waals surface area (Å²) in [6.07, 6.45) is 3.29. The van der Waals surface area contributed by atoms with Crippen molar-refractivity contribution in [1.29, 1.82) is 0 Å². The van der Waals surface area contributed by atoms with Gasteiger partial charge in [0.1, 0.15) is 5.82 Å². The first-order valence-electron chi connectivity index (χ1n) is 7.46. The molecule has 1 aromatic heterocycles. The van der Waals surface area contributed by atoms with E-state index in [-0.39, 0.29) is 11.6 Å². The Kier molecular flexibility index (Phi) is 4.78. The highest BCUT2D eigenvalue weighted by Gasteiger charge is 2.40. The van der Waals surface area contributed by atoms with Crippen LogP contribution in [-0.4, -0.2) is 46.8 Å². The Balaban J connectivity index is 2.13. The van der Waals surface area contributed by atoms with E-state index in [1.54, 1.807) is 24.0 Å². The van der Waals surface area contributed by atoms with E-state index in [4.69, 9.17) is 11.6 Å². The maximum absolute atomic E-state index is 13.2. The highest BCUT2D eigenvalue weighted by atomic mass is 35.5. The Labute approximate surface area is 149 Å². The topological polar surface area (TPSA) is 110 Å². The van der Waals surface area contributed by atoms with Crippen LogP contribution in [0.4, 0.5) is 5.69 Å². The highest BCUT2D eigenvalue weighted by molar-refractivity contribution is 7.89. The molecule has 1 aliphatic rings. The lowest BCUT2D eigenvalue weighted by Gasteiger charge is -2.34. The Morgan fingerprint density at radius 2 is 2.20 bits per heavy atom. The molecule has 1 saturated heterocycles. The average molecular weight is 386 g/mol. The first-order chi connectivity index (χ1) is 11.8. The molecule has 1 fully saturated rings. The van der Waals surface area contributed by atoms with E-state index in [1.165, 1.54) is 16.4 Å². The number of hydrogen-bond acceptors (Lipinski definition) is 6. The summed E-state index contributed by atoms with van der Waals surface area (Å²) in [5, 5.41) is 14.3. The van der Waals surface area contributed by atoms with Crippen LogP contribution in [0.15, 0.2) is 35.5 Å². The van der Waals surface area contributed by atoms with Gasteiger partial charge in [-0.15, -0.1) is 0 Å². The molecule has 134 valence electrons. The van der Waals surface area contributed by atoms with Gasteiger partial charge in [-0.1, -0.05) is 17.7 Å². The molecular formula is C14H16ClN5O4S. The minimum Gasteiger partial charge on any atom is -0.337 e. The third kappa shape index (κ3) is 3.13. The summed E-state index contributed by atoms with van der Waals surface area (Å²) >= 11 is 6.03. The van der Waals surface area contributed by atoms with Crippen molar-refractivity contribution in [2.75, 3.05) is 19.6 Å². The molecule has 0 saturated carbocycles. The summed E-state index contributed by atoms with van der Waals surface area (Å²) in [5.74, 6) is 0.547. The van der Waals surface area contributed by atoms with Crippen LogP contribution in [0.2, 0.25) is 5.02 Å². The molecule has 0 aliphatic carbocycles. The molecular weight excluding hydrogens is 370 g/mol. The monoisotopic (exact) mass is 385 g/mol. The van der Waals surface area contributed by atoms with Crippen LogP contribution in [0.5, 0.6) is 0 Å². The molecule has 1 unspecified atom stereocenters. The van der Waals surface area contributed by atoms with E-state index in [0.717, 1.165) is 6.07 Å². The normalized spacial score (nSPS) is 19.0. The summed E-state index contributed by atoms with van der Waals surface area (Å²) in [7, 11) is -2.43. The molecule has 1 atom stereocenters. The Morgan fingerprint density at radius 1 is 1.44 bits per heavy atom. The number of imidazole rings is 1. The van der Waals surface area contributed by atoms with Crippen LogP contribution < -0.4 is 5.32 Å². The molecule has 1 aliphatic heterocycles. The molecule has 1 aromatic carbocycles. The van der Waals surface area contributed by atoms with Crippen molar-refractivity contribution in [3.8, 4) is 0 Å². The van der Waals surface area contributed by atoms with Gasteiger partial charge in [0, 0.05) is 45.1 Å². The first kappa shape index (κ1) is 17.8. The van der Waals surface area contributed by atoms with Gasteiger partial charge in [0.2, 0.25) is 0 Å². The number of hydrogen-bond donors (Lipinski definition) is 1. The Bertz CT molecular complexity index is 914. The minimum atomic E-state index is -4.19. The Hall–Kier alpha value is -2.01. The molecule has 2 heterocycles. The second-order valence-corrected chi connectivity index (χ2v) is 7.81. The number of sulfonamides is 1. The maximum Gasteiger partial charge on any atom is 0.290 e. The van der Waals surface area contributed by atoms with Gasteiger partial charge >= 0.3 is 0 Å². The molecule has 2 aromatic rings. The molecule has 0 amide bonds. The van der Waals surface area contributed by atoms with Crippen molar-refractivity contribution in [3.63, 3.8) is 0 Å². The number of nitrogens with zero attached hydrogens (tertiary/aromatic N) is 4. The fourth-order valence-corrected chi connectivity index (χ4v) is 5.16. The number of benzene rings is 1. The number of nitrogens with one attached hydrogen (secondary N) is 1. The van der Waals surface area contributed by atoms with Crippen LogP contribution in [0.3, 0.4) is 0 Å². The van der Waals surface area contributed by atoms with Gasteiger partial charge in [-0.3, -0.25) is 10.1 Å². The third-order valence-electron chi connectivity index (χ3n) is 4.06. The molecule has 0 bridgehead atoms. The third-order valence-corrected chi connectivity index (χ3v) is 6.49. The summed E-state index contributed by atoms with van der Waals surface area (Å²) < 4.78 is 29.4. The van der Waals surface area contributed by atoms with Gasteiger partial charge in [0.15, 0.2) is 4.90 Å². The zero-order chi connectivity index (χ0) is 18.2. The quantitative estimate of drug-likeness (QED) is 0.627. The second-order valence-electron chi connectivity index (χ2n) is 5.58. The summed E-state index contributed by atoms with van der Waals surface area (Å²) in [6.45, 7) is 0.934. The summed E-state index contributed by atoms with van der Waals surface area (Å²) in [4.78, 5) is 14.3. The van der Waals surface area contributed by atoms with Gasteiger partial charge < -0.3 is 9.88 Å². The second kappa shape index (κ2) is 6.71. The lowest BCUT2D eigenvalue weighted by molar-refractivity contribution is -0.387. The van der Waals surface area contributed by atoms with E-state index in [1.807, 2.05) is 0 Å². The van der Waals surface area contributed by atoms with Gasteiger partial charge in [-0.05, 0) is 6.07 Å². The van der Waals surface area contributed by atoms with E-state index < -0.39 is 31.6 Å². The number of rotatable bonds is 4. The van der Waals surface area contributed by atoms with Gasteiger partial charge in [0.25, 0.3) is 15.7 Å². The standard InChI is InChI=1S/C14H16ClN5O4S/c1-18-7-6-17-14(18)12-9-16-5-8-19(12)25(23,24)13-10(15)3-2-4-11(13)20(21)22/h2-4,6-7,12,16H,5,8-9H2,1H3. The summed E-state index contributed by atoms with van der Waals surface area (Å²) in [5.41, 5.74) is -0.537. The molecule has 9 nitrogen and oxygen atoms in total. The van der Waals surface area contributed by atoms with Crippen molar-refractivity contribution in [1.82, 2.24) is 19.2 Å². The largest absolute Gasteiger partial charge is 0.337 e. The Morgan fingerprint density at radius 3 is 2.84 bits per heavy atom. The van der Waals surface area contributed by atoms with Crippen molar-refractivity contribution in [2.24, 2.45) is 7.05 Å². The summed E-state index contributed by atoms with van der Waals surface area (Å²) in [6, 6.07) is 3.23. The van der Waals surface area contributed by atoms with Gasteiger partial charge in [-0.2, -0.15) is 4.31 Å². The fraction of sp³-hybridized carbons (Fsp3) is 0.357. The van der Waals surface area contributed by atoms with Crippen molar-refractivity contribution in [3.05, 3.63) is 51.6 Å². The molecule has 25 heavy (non-hydrogen) atoms. The van der Waals surface area contributed by atoms with E-state index in [0.29, 0.717) is 18.9 Å². The number of aryl methyl sites for hydroxylation is 1. The first-order valence-corrected chi connectivity index (χ1v) is 9.28. The zero-order valence-corrected chi connectivity index (χ0v) is 14.9. The van der Waals surface area contributed by atoms with Gasteiger partial charge in [-0.25, -0.2) is 13.4 Å². The van der Waals surface area contributed by atoms with Crippen LogP contribution in [0.25, 0.3) is 0 Å². The van der Waals surface area contributed by atoms with Crippen molar-refractivity contribution in [2.45, 2.75) is 10.9 Å². The predicted molar refractivity (Wildman–Crippen MR) is 90.8 cm³/mol. The molecule has 1 N–H and O–H groups in total. The lowest BCUT2D eigenvalue weighted by atomic mass is 10.2.